The van der Waals surface area contributed by atoms with Crippen LogP contribution in [0.25, 0.3) is 0 Å². The molecule has 0 saturated carbocycles. The molecule has 16 heavy (non-hydrogen) atoms. The van der Waals surface area contributed by atoms with E-state index in [-0.39, 0.29) is 11.4 Å². The summed E-state index contributed by atoms with van der Waals surface area (Å²) in [4.78, 5) is 0. The molecule has 0 spiro atoms. The summed E-state index contributed by atoms with van der Waals surface area (Å²) in [5.41, 5.74) is 0.682. The van der Waals surface area contributed by atoms with Crippen molar-refractivity contribution in [2.45, 2.75) is 32.3 Å². The van der Waals surface area contributed by atoms with E-state index in [1.165, 1.54) is 6.07 Å². The molecular formula is C13H18FNO. The number of aryl methyl sites for hydroxylation is 1. The minimum absolute atomic E-state index is 0.235. The first-order valence-corrected chi connectivity index (χ1v) is 5.75. The van der Waals surface area contributed by atoms with E-state index in [9.17, 15) is 4.39 Å². The van der Waals surface area contributed by atoms with Crippen molar-refractivity contribution in [2.75, 3.05) is 13.1 Å². The van der Waals surface area contributed by atoms with Crippen molar-refractivity contribution in [2.24, 2.45) is 0 Å². The van der Waals surface area contributed by atoms with Gasteiger partial charge in [0.1, 0.15) is 5.60 Å². The highest BCUT2D eigenvalue weighted by molar-refractivity contribution is 5.29. The fourth-order valence-corrected chi connectivity index (χ4v) is 2.01. The van der Waals surface area contributed by atoms with Gasteiger partial charge in [-0.15, -0.1) is 0 Å². The van der Waals surface area contributed by atoms with Gasteiger partial charge in [-0.2, -0.15) is 0 Å². The zero-order valence-electron chi connectivity index (χ0n) is 9.85. The lowest BCUT2D eigenvalue weighted by Gasteiger charge is -2.34. The predicted molar refractivity (Wildman–Crippen MR) is 62.3 cm³/mol. The van der Waals surface area contributed by atoms with Crippen molar-refractivity contribution in [3.8, 4) is 5.75 Å². The number of hydrogen-bond donors (Lipinski definition) is 1. The smallest absolute Gasteiger partial charge is 0.165 e. The van der Waals surface area contributed by atoms with Crippen LogP contribution in [0.5, 0.6) is 5.75 Å². The number of benzene rings is 1. The standard InChI is InChI=1S/C13H18FNO/c1-10-3-4-12(11(14)9-10)16-13(2)5-7-15-8-6-13/h3-4,9,15H,5-8H2,1-2H3. The molecule has 0 aliphatic carbocycles. The van der Waals surface area contributed by atoms with Crippen molar-refractivity contribution in [1.82, 2.24) is 5.32 Å². The minimum Gasteiger partial charge on any atom is -0.484 e. The molecule has 1 aliphatic heterocycles. The van der Waals surface area contributed by atoms with Gasteiger partial charge in [-0.05, 0) is 57.5 Å². The number of rotatable bonds is 2. The second kappa shape index (κ2) is 4.42. The van der Waals surface area contributed by atoms with Crippen LogP contribution >= 0.6 is 0 Å². The Balaban J connectivity index is 2.13. The number of nitrogens with one attached hydrogen (secondary N) is 1. The molecule has 1 heterocycles. The van der Waals surface area contributed by atoms with E-state index in [1.54, 1.807) is 6.07 Å². The summed E-state index contributed by atoms with van der Waals surface area (Å²) in [6, 6.07) is 5.11. The van der Waals surface area contributed by atoms with Crippen LogP contribution in [0.1, 0.15) is 25.3 Å². The Hall–Kier alpha value is -1.09. The summed E-state index contributed by atoms with van der Waals surface area (Å²) in [7, 11) is 0. The lowest BCUT2D eigenvalue weighted by atomic mass is 9.94. The van der Waals surface area contributed by atoms with Gasteiger partial charge in [0.15, 0.2) is 11.6 Å². The first kappa shape index (κ1) is 11.4. The van der Waals surface area contributed by atoms with Gasteiger partial charge in [-0.3, -0.25) is 0 Å². The van der Waals surface area contributed by atoms with Crippen LogP contribution in [0.2, 0.25) is 0 Å². The molecule has 2 rings (SSSR count). The summed E-state index contributed by atoms with van der Waals surface area (Å²) >= 11 is 0. The monoisotopic (exact) mass is 223 g/mol. The quantitative estimate of drug-likeness (QED) is 0.832. The molecule has 0 radical (unpaired) electrons. The van der Waals surface area contributed by atoms with E-state index in [0.29, 0.717) is 5.75 Å². The van der Waals surface area contributed by atoms with Crippen LogP contribution in [0, 0.1) is 12.7 Å². The molecule has 1 aromatic rings. The van der Waals surface area contributed by atoms with E-state index in [4.69, 9.17) is 4.74 Å². The maximum absolute atomic E-state index is 13.6. The largest absolute Gasteiger partial charge is 0.484 e. The lowest BCUT2D eigenvalue weighted by Crippen LogP contribution is -2.44. The van der Waals surface area contributed by atoms with E-state index in [1.807, 2.05) is 19.9 Å². The maximum Gasteiger partial charge on any atom is 0.165 e. The second-order valence-electron chi connectivity index (χ2n) is 4.74. The number of ether oxygens (including phenoxy) is 1. The molecule has 2 nitrogen and oxygen atoms in total. The summed E-state index contributed by atoms with van der Waals surface area (Å²) in [6.07, 6.45) is 1.83. The van der Waals surface area contributed by atoms with Gasteiger partial charge in [0.2, 0.25) is 0 Å². The lowest BCUT2D eigenvalue weighted by molar-refractivity contribution is 0.0514. The average Bonchev–Trinajstić information content (AvgIpc) is 2.23. The van der Waals surface area contributed by atoms with Gasteiger partial charge in [-0.1, -0.05) is 6.07 Å². The van der Waals surface area contributed by atoms with Crippen LogP contribution in [0.15, 0.2) is 18.2 Å². The van der Waals surface area contributed by atoms with Crippen LogP contribution in [0.3, 0.4) is 0 Å². The molecule has 1 aromatic carbocycles. The highest BCUT2D eigenvalue weighted by Crippen LogP contribution is 2.28. The van der Waals surface area contributed by atoms with Crippen LogP contribution in [0.4, 0.5) is 4.39 Å². The minimum atomic E-state index is -0.264. The van der Waals surface area contributed by atoms with Gasteiger partial charge in [0, 0.05) is 0 Å². The Morgan fingerprint density at radius 1 is 1.31 bits per heavy atom. The molecule has 0 unspecified atom stereocenters. The molecule has 1 saturated heterocycles. The van der Waals surface area contributed by atoms with Crippen molar-refractivity contribution >= 4 is 0 Å². The van der Waals surface area contributed by atoms with Crippen LogP contribution in [-0.4, -0.2) is 18.7 Å². The molecule has 1 aliphatic rings. The Kier molecular flexibility index (Phi) is 3.15. The fourth-order valence-electron chi connectivity index (χ4n) is 2.01. The third kappa shape index (κ3) is 2.53. The van der Waals surface area contributed by atoms with Crippen LogP contribution < -0.4 is 10.1 Å². The zero-order valence-corrected chi connectivity index (χ0v) is 9.85. The third-order valence-corrected chi connectivity index (χ3v) is 3.10. The highest BCUT2D eigenvalue weighted by Gasteiger charge is 2.29. The molecule has 1 fully saturated rings. The van der Waals surface area contributed by atoms with Gasteiger partial charge in [0.25, 0.3) is 0 Å². The Morgan fingerprint density at radius 2 is 2.00 bits per heavy atom. The van der Waals surface area contributed by atoms with E-state index < -0.39 is 0 Å². The second-order valence-corrected chi connectivity index (χ2v) is 4.74. The number of piperidine rings is 1. The zero-order chi connectivity index (χ0) is 11.6. The van der Waals surface area contributed by atoms with E-state index in [0.717, 1.165) is 31.5 Å². The molecule has 88 valence electrons. The topological polar surface area (TPSA) is 21.3 Å². The Labute approximate surface area is 95.8 Å². The molecule has 3 heteroatoms. The first-order chi connectivity index (χ1) is 7.59. The summed E-state index contributed by atoms with van der Waals surface area (Å²) < 4.78 is 19.4. The Bertz CT molecular complexity index is 372. The first-order valence-electron chi connectivity index (χ1n) is 5.75. The maximum atomic E-state index is 13.6. The molecule has 1 N–H and O–H groups in total. The third-order valence-electron chi connectivity index (χ3n) is 3.10. The molecule has 0 atom stereocenters. The molecule has 0 bridgehead atoms. The van der Waals surface area contributed by atoms with Crippen LogP contribution in [-0.2, 0) is 0 Å². The average molecular weight is 223 g/mol. The summed E-state index contributed by atoms with van der Waals surface area (Å²) in [5, 5.41) is 3.28. The predicted octanol–water partition coefficient (Wildman–Crippen LogP) is 2.66. The summed E-state index contributed by atoms with van der Waals surface area (Å²) in [6.45, 7) is 5.79. The molecule has 0 amide bonds. The SMILES string of the molecule is Cc1ccc(OC2(C)CCNCC2)c(F)c1. The van der Waals surface area contributed by atoms with Crippen molar-refractivity contribution in [3.05, 3.63) is 29.6 Å². The summed E-state index contributed by atoms with van der Waals surface area (Å²) in [5.74, 6) is 0.106. The normalized spacial score (nSPS) is 19.4. The van der Waals surface area contributed by atoms with Gasteiger partial charge in [0.05, 0.1) is 0 Å². The van der Waals surface area contributed by atoms with E-state index in [2.05, 4.69) is 5.32 Å². The van der Waals surface area contributed by atoms with Crippen molar-refractivity contribution in [3.63, 3.8) is 0 Å². The van der Waals surface area contributed by atoms with Gasteiger partial charge >= 0.3 is 0 Å². The number of halogens is 1. The van der Waals surface area contributed by atoms with Crippen molar-refractivity contribution < 1.29 is 9.13 Å². The molecular weight excluding hydrogens is 205 g/mol. The molecule has 0 aromatic heterocycles. The number of hydrogen-bond acceptors (Lipinski definition) is 2. The highest BCUT2D eigenvalue weighted by atomic mass is 19.1. The Morgan fingerprint density at radius 3 is 2.62 bits per heavy atom. The van der Waals surface area contributed by atoms with Gasteiger partial charge in [-0.25, -0.2) is 4.39 Å². The van der Waals surface area contributed by atoms with E-state index >= 15 is 0 Å². The van der Waals surface area contributed by atoms with Gasteiger partial charge < -0.3 is 10.1 Å². The van der Waals surface area contributed by atoms with Crippen molar-refractivity contribution in [1.29, 1.82) is 0 Å². The fraction of sp³-hybridized carbons (Fsp3) is 0.538.